The predicted octanol–water partition coefficient (Wildman–Crippen LogP) is 4.32. The summed E-state index contributed by atoms with van der Waals surface area (Å²) in [7, 11) is 0. The molecule has 7 nitrogen and oxygen atoms in total. The lowest BCUT2D eigenvalue weighted by atomic mass is 10.2. The second-order valence-corrected chi connectivity index (χ2v) is 8.06. The Morgan fingerprint density at radius 3 is 2.19 bits per heavy atom. The van der Waals surface area contributed by atoms with Crippen molar-refractivity contribution in [3.8, 4) is 0 Å². The fourth-order valence-electron chi connectivity index (χ4n) is 3.59. The molecule has 1 aromatic heterocycles. The van der Waals surface area contributed by atoms with Crippen LogP contribution in [-0.4, -0.2) is 48.1 Å². The van der Waals surface area contributed by atoms with Gasteiger partial charge in [0, 0.05) is 48.8 Å². The molecule has 0 atom stereocenters. The number of aromatic nitrogens is 1. The first kappa shape index (κ1) is 21.6. The molecule has 2 heterocycles. The van der Waals surface area contributed by atoms with Gasteiger partial charge in [-0.1, -0.05) is 17.7 Å². The number of nitrogens with zero attached hydrogens (tertiary/aromatic N) is 3. The highest BCUT2D eigenvalue weighted by Crippen LogP contribution is 2.22. The second kappa shape index (κ2) is 9.28. The highest BCUT2D eigenvalue weighted by Gasteiger charge is 2.19. The fraction of sp³-hybridized carbons (Fsp3) is 0.208. The monoisotopic (exact) mass is 450 g/mol. The molecule has 0 aliphatic carbocycles. The third-order valence-electron chi connectivity index (χ3n) is 5.52. The summed E-state index contributed by atoms with van der Waals surface area (Å²) in [5.41, 5.74) is 3.36. The number of carbonyl (C=O) groups excluding carboxylic acids is 1. The van der Waals surface area contributed by atoms with E-state index in [0.717, 1.165) is 43.2 Å². The van der Waals surface area contributed by atoms with Gasteiger partial charge in [-0.25, -0.2) is 9.78 Å². The number of carboxylic acid groups (broad SMARTS) is 1. The zero-order valence-corrected chi connectivity index (χ0v) is 18.3. The molecule has 0 bridgehead atoms. The number of aryl methyl sites for hydroxylation is 1. The highest BCUT2D eigenvalue weighted by molar-refractivity contribution is 6.31. The van der Waals surface area contributed by atoms with Crippen molar-refractivity contribution < 1.29 is 14.7 Å². The van der Waals surface area contributed by atoms with Crippen LogP contribution in [0.5, 0.6) is 0 Å². The molecule has 0 unspecified atom stereocenters. The van der Waals surface area contributed by atoms with Gasteiger partial charge in [-0.05, 0) is 61.0 Å². The Morgan fingerprint density at radius 2 is 1.59 bits per heavy atom. The molecule has 0 spiro atoms. The van der Waals surface area contributed by atoms with E-state index in [9.17, 15) is 9.59 Å². The minimum absolute atomic E-state index is 0.237. The van der Waals surface area contributed by atoms with Crippen molar-refractivity contribution in [2.45, 2.75) is 6.92 Å². The van der Waals surface area contributed by atoms with E-state index in [4.69, 9.17) is 16.7 Å². The molecule has 4 rings (SSSR count). The lowest BCUT2D eigenvalue weighted by Gasteiger charge is -2.36. The van der Waals surface area contributed by atoms with Crippen LogP contribution in [0.3, 0.4) is 0 Å². The van der Waals surface area contributed by atoms with Crippen LogP contribution in [0, 0.1) is 6.92 Å². The van der Waals surface area contributed by atoms with Gasteiger partial charge in [-0.2, -0.15) is 0 Å². The SMILES string of the molecule is Cc1ccc(NC(=O)c2ccc(N3CCN(c4ccc(C(=O)O)cc4)CC3)nc2)cc1Cl. The fourth-order valence-corrected chi connectivity index (χ4v) is 3.77. The summed E-state index contributed by atoms with van der Waals surface area (Å²) in [6.45, 7) is 5.06. The summed E-state index contributed by atoms with van der Waals surface area (Å²) in [5.74, 6) is -0.341. The topological polar surface area (TPSA) is 85.8 Å². The zero-order valence-electron chi connectivity index (χ0n) is 17.6. The number of hydrogen-bond acceptors (Lipinski definition) is 5. The first-order valence-corrected chi connectivity index (χ1v) is 10.7. The number of carboxylic acids is 1. The highest BCUT2D eigenvalue weighted by atomic mass is 35.5. The van der Waals surface area contributed by atoms with E-state index in [0.29, 0.717) is 16.3 Å². The van der Waals surface area contributed by atoms with Crippen LogP contribution in [0.2, 0.25) is 5.02 Å². The molecule has 2 N–H and O–H groups in total. The summed E-state index contributed by atoms with van der Waals surface area (Å²) >= 11 is 6.12. The number of hydrogen-bond donors (Lipinski definition) is 2. The van der Waals surface area contributed by atoms with Crippen molar-refractivity contribution in [3.05, 3.63) is 82.5 Å². The Morgan fingerprint density at radius 1 is 0.938 bits per heavy atom. The van der Waals surface area contributed by atoms with Gasteiger partial charge < -0.3 is 20.2 Å². The molecule has 3 aromatic rings. The van der Waals surface area contributed by atoms with Gasteiger partial charge >= 0.3 is 5.97 Å². The second-order valence-electron chi connectivity index (χ2n) is 7.65. The number of nitrogens with one attached hydrogen (secondary N) is 1. The number of aromatic carboxylic acids is 1. The van der Waals surface area contributed by atoms with Crippen LogP contribution in [0.15, 0.2) is 60.8 Å². The largest absolute Gasteiger partial charge is 0.478 e. The molecule has 1 saturated heterocycles. The van der Waals surface area contributed by atoms with Gasteiger partial charge in [0.1, 0.15) is 5.82 Å². The molecule has 164 valence electrons. The van der Waals surface area contributed by atoms with Crippen LogP contribution in [0.4, 0.5) is 17.2 Å². The van der Waals surface area contributed by atoms with E-state index in [-0.39, 0.29) is 11.5 Å². The van der Waals surface area contributed by atoms with Gasteiger partial charge in [0.05, 0.1) is 11.1 Å². The van der Waals surface area contributed by atoms with Crippen molar-refractivity contribution in [1.82, 2.24) is 4.98 Å². The molecule has 2 aromatic carbocycles. The average Bonchev–Trinajstić information content (AvgIpc) is 2.82. The number of halogens is 1. The number of piperazine rings is 1. The lowest BCUT2D eigenvalue weighted by molar-refractivity contribution is 0.0696. The summed E-state index contributed by atoms with van der Waals surface area (Å²) in [6, 6.07) is 16.0. The molecule has 1 aliphatic rings. The number of rotatable bonds is 5. The number of pyridine rings is 1. The molecule has 8 heteroatoms. The van der Waals surface area contributed by atoms with Gasteiger partial charge in [0.15, 0.2) is 0 Å². The Balaban J connectivity index is 1.34. The van der Waals surface area contributed by atoms with Gasteiger partial charge in [-0.3, -0.25) is 4.79 Å². The Hall–Kier alpha value is -3.58. The van der Waals surface area contributed by atoms with Gasteiger partial charge in [-0.15, -0.1) is 0 Å². The quantitative estimate of drug-likeness (QED) is 0.602. The van der Waals surface area contributed by atoms with E-state index in [1.807, 2.05) is 37.3 Å². The van der Waals surface area contributed by atoms with Crippen LogP contribution in [-0.2, 0) is 0 Å². The maximum absolute atomic E-state index is 12.5. The standard InChI is InChI=1S/C24H23ClN4O3/c1-16-2-6-19(14-21(16)25)27-23(30)18-5-9-22(26-15-18)29-12-10-28(11-13-29)20-7-3-17(4-8-20)24(31)32/h2-9,14-15H,10-13H2,1H3,(H,27,30)(H,31,32). The van der Waals surface area contributed by atoms with Crippen LogP contribution >= 0.6 is 11.6 Å². The summed E-state index contributed by atoms with van der Waals surface area (Å²) in [5, 5.41) is 12.5. The normalized spacial score (nSPS) is 13.7. The van der Waals surface area contributed by atoms with Crippen LogP contribution in [0.25, 0.3) is 0 Å². The first-order valence-electron chi connectivity index (χ1n) is 10.3. The maximum atomic E-state index is 12.5. The summed E-state index contributed by atoms with van der Waals surface area (Å²) in [6.07, 6.45) is 1.58. The molecular weight excluding hydrogens is 428 g/mol. The van der Waals surface area contributed by atoms with Crippen molar-refractivity contribution in [2.24, 2.45) is 0 Å². The van der Waals surface area contributed by atoms with E-state index in [1.54, 1.807) is 30.5 Å². The Labute approximate surface area is 191 Å². The Bertz CT molecular complexity index is 1120. The number of benzene rings is 2. The molecule has 0 saturated carbocycles. The van der Waals surface area contributed by atoms with E-state index >= 15 is 0 Å². The number of carbonyl (C=O) groups is 2. The van der Waals surface area contributed by atoms with E-state index < -0.39 is 5.97 Å². The van der Waals surface area contributed by atoms with Crippen LogP contribution in [0.1, 0.15) is 26.3 Å². The summed E-state index contributed by atoms with van der Waals surface area (Å²) < 4.78 is 0. The Kier molecular flexibility index (Phi) is 6.28. The van der Waals surface area contributed by atoms with Crippen molar-refractivity contribution >= 4 is 40.7 Å². The lowest BCUT2D eigenvalue weighted by Crippen LogP contribution is -2.46. The van der Waals surface area contributed by atoms with Crippen molar-refractivity contribution in [1.29, 1.82) is 0 Å². The molecule has 32 heavy (non-hydrogen) atoms. The van der Waals surface area contributed by atoms with Crippen molar-refractivity contribution in [3.63, 3.8) is 0 Å². The molecule has 1 fully saturated rings. The van der Waals surface area contributed by atoms with Gasteiger partial charge in [0.25, 0.3) is 5.91 Å². The number of anilines is 3. The molecule has 0 radical (unpaired) electrons. The molecular formula is C24H23ClN4O3. The summed E-state index contributed by atoms with van der Waals surface area (Å²) in [4.78, 5) is 32.4. The third kappa shape index (κ3) is 4.84. The zero-order chi connectivity index (χ0) is 22.7. The minimum Gasteiger partial charge on any atom is -0.478 e. The first-order chi connectivity index (χ1) is 15.4. The average molecular weight is 451 g/mol. The smallest absolute Gasteiger partial charge is 0.335 e. The number of amides is 1. The van der Waals surface area contributed by atoms with E-state index in [1.165, 1.54) is 0 Å². The predicted molar refractivity (Wildman–Crippen MR) is 126 cm³/mol. The van der Waals surface area contributed by atoms with Crippen LogP contribution < -0.4 is 15.1 Å². The van der Waals surface area contributed by atoms with E-state index in [2.05, 4.69) is 20.1 Å². The maximum Gasteiger partial charge on any atom is 0.335 e. The van der Waals surface area contributed by atoms with Gasteiger partial charge in [0.2, 0.25) is 0 Å². The molecule has 1 aliphatic heterocycles. The third-order valence-corrected chi connectivity index (χ3v) is 5.93. The molecule has 1 amide bonds. The van der Waals surface area contributed by atoms with Crippen molar-refractivity contribution in [2.75, 3.05) is 41.3 Å². The minimum atomic E-state index is -0.924.